The minimum atomic E-state index is -0.699. The Hall–Kier alpha value is -4.21. The fourth-order valence-corrected chi connectivity index (χ4v) is 4.48. The van der Waals surface area contributed by atoms with Gasteiger partial charge in [0.25, 0.3) is 5.69 Å². The third-order valence-electron chi connectivity index (χ3n) is 6.00. The topological polar surface area (TPSA) is 110 Å². The number of ether oxygens (including phenoxy) is 1. The summed E-state index contributed by atoms with van der Waals surface area (Å²) in [5, 5.41) is 15.3. The zero-order valence-electron chi connectivity index (χ0n) is 20.0. The number of nitro benzene ring substituents is 1. The third-order valence-corrected chi connectivity index (χ3v) is 6.00. The van der Waals surface area contributed by atoms with Crippen molar-refractivity contribution in [2.75, 3.05) is 18.6 Å². The van der Waals surface area contributed by atoms with E-state index in [1.807, 2.05) is 13.8 Å². The molecular weight excluding hydrogens is 455 g/mol. The van der Waals surface area contributed by atoms with Crippen molar-refractivity contribution < 1.29 is 23.3 Å². The zero-order valence-corrected chi connectivity index (χ0v) is 20.0. The number of hydrogen-bond acceptors (Lipinski definition) is 7. The van der Waals surface area contributed by atoms with Crippen LogP contribution in [0.25, 0.3) is 16.5 Å². The highest BCUT2D eigenvalue weighted by atomic mass is 19.1. The van der Waals surface area contributed by atoms with Crippen LogP contribution < -0.4 is 15.1 Å². The minimum Gasteiger partial charge on any atom is -0.493 e. The number of nitrogens with one attached hydrogen (secondary N) is 1. The molecular formula is C25H25FN4O5. The number of non-ortho nitro benzene ring substituents is 1. The number of furan rings is 1. The summed E-state index contributed by atoms with van der Waals surface area (Å²) in [5.74, 6) is -1.16. The maximum Gasteiger partial charge on any atom is 0.307 e. The van der Waals surface area contributed by atoms with E-state index >= 15 is 0 Å². The van der Waals surface area contributed by atoms with Crippen LogP contribution in [0.4, 0.5) is 15.8 Å². The summed E-state index contributed by atoms with van der Waals surface area (Å²) >= 11 is 0. The molecule has 0 atom stereocenters. The van der Waals surface area contributed by atoms with Gasteiger partial charge in [0.2, 0.25) is 0 Å². The third kappa shape index (κ3) is 4.34. The molecule has 1 aliphatic rings. The number of methoxy groups -OCH3 is 1. The number of carbonyl (C=O) groups excluding carboxylic acids is 1. The number of likely N-dealkylation sites (N-methyl/N-ethyl adjacent to an activating group) is 1. The molecule has 1 aromatic heterocycles. The van der Waals surface area contributed by atoms with Crippen LogP contribution in [0.5, 0.6) is 5.75 Å². The summed E-state index contributed by atoms with van der Waals surface area (Å²) in [6.45, 7) is 8.89. The summed E-state index contributed by atoms with van der Waals surface area (Å²) in [6, 6.07) is 7.03. The molecule has 0 unspecified atom stereocenters. The van der Waals surface area contributed by atoms with Crippen molar-refractivity contribution in [3.05, 3.63) is 69.2 Å². The minimum absolute atomic E-state index is 0.124. The van der Waals surface area contributed by atoms with Gasteiger partial charge in [-0.15, -0.1) is 0 Å². The number of carbonyl (C=O) groups is 1. The molecule has 1 N–H and O–H groups in total. The van der Waals surface area contributed by atoms with Crippen molar-refractivity contribution in [1.29, 1.82) is 0 Å². The quantitative estimate of drug-likeness (QED) is 0.292. The Kier molecular flexibility index (Phi) is 6.06. The van der Waals surface area contributed by atoms with Gasteiger partial charge in [0.1, 0.15) is 5.82 Å². The van der Waals surface area contributed by atoms with Crippen molar-refractivity contribution in [3.63, 3.8) is 0 Å². The van der Waals surface area contributed by atoms with Crippen molar-refractivity contribution in [2.45, 2.75) is 33.2 Å². The van der Waals surface area contributed by atoms with Gasteiger partial charge in [-0.3, -0.25) is 14.9 Å². The molecule has 1 amide bonds. The van der Waals surface area contributed by atoms with Gasteiger partial charge in [-0.05, 0) is 51.5 Å². The number of halogens is 1. The number of fused-ring (bicyclic) bond motifs is 2. The van der Waals surface area contributed by atoms with Crippen molar-refractivity contribution in [1.82, 2.24) is 5.43 Å². The van der Waals surface area contributed by atoms with Gasteiger partial charge in [-0.1, -0.05) is 6.08 Å². The lowest BCUT2D eigenvalue weighted by molar-refractivity contribution is -0.384. The second kappa shape index (κ2) is 8.86. The van der Waals surface area contributed by atoms with E-state index in [1.165, 1.54) is 37.6 Å². The number of rotatable bonds is 6. The molecule has 0 radical (unpaired) electrons. The Morgan fingerprint density at radius 3 is 2.71 bits per heavy atom. The van der Waals surface area contributed by atoms with Gasteiger partial charge in [0, 0.05) is 34.8 Å². The molecule has 0 fully saturated rings. The zero-order chi connectivity index (χ0) is 25.5. The number of allylic oxidation sites excluding steroid dienone is 1. The molecule has 9 nitrogen and oxygen atoms in total. The summed E-state index contributed by atoms with van der Waals surface area (Å²) in [6.07, 6.45) is 3.37. The van der Waals surface area contributed by atoms with E-state index in [0.717, 1.165) is 23.4 Å². The number of nitro groups is 1. The number of benzene rings is 2. The standard InChI is InChI=1S/C25H25FN4O5/c1-6-29-20-11-19(26)16(8-18(20)14(2)12-25(29,3)4)13-27-28-24(31)22-9-15-7-17(30(32)33)10-21(34-5)23(15)35-22/h7-13H,6H2,1-5H3,(H,28,31)/b27-13-. The first-order valence-electron chi connectivity index (χ1n) is 11.0. The second-order valence-electron chi connectivity index (χ2n) is 8.75. The molecule has 3 aromatic rings. The lowest BCUT2D eigenvalue weighted by atomic mass is 9.88. The Bertz CT molecular complexity index is 1410. The fourth-order valence-electron chi connectivity index (χ4n) is 4.48. The van der Waals surface area contributed by atoms with E-state index in [1.54, 1.807) is 6.07 Å². The van der Waals surface area contributed by atoms with Gasteiger partial charge in [-0.2, -0.15) is 5.10 Å². The molecule has 2 aromatic carbocycles. The predicted molar refractivity (Wildman–Crippen MR) is 132 cm³/mol. The van der Waals surface area contributed by atoms with E-state index in [2.05, 4.69) is 35.4 Å². The van der Waals surface area contributed by atoms with Gasteiger partial charge in [0.05, 0.1) is 29.9 Å². The molecule has 0 spiro atoms. The monoisotopic (exact) mass is 480 g/mol. The molecule has 4 rings (SSSR count). The Labute approximate surface area is 201 Å². The first-order valence-corrected chi connectivity index (χ1v) is 11.0. The second-order valence-corrected chi connectivity index (χ2v) is 8.75. The summed E-state index contributed by atoms with van der Waals surface area (Å²) in [5.41, 5.74) is 5.01. The summed E-state index contributed by atoms with van der Waals surface area (Å²) < 4.78 is 25.6. The maximum atomic E-state index is 14.9. The first-order chi connectivity index (χ1) is 16.6. The van der Waals surface area contributed by atoms with Crippen molar-refractivity contribution >= 4 is 40.0 Å². The smallest absolute Gasteiger partial charge is 0.307 e. The Balaban J connectivity index is 1.58. The lowest BCUT2D eigenvalue weighted by Gasteiger charge is -2.42. The van der Waals surface area contributed by atoms with Crippen LogP contribution in [0.1, 0.15) is 49.4 Å². The SMILES string of the molecule is CCN1c2cc(F)c(/C=N\NC(=O)c3cc4cc([N+](=O)[O-])cc(OC)c4o3)cc2C(C)=CC1(C)C. The molecule has 0 bridgehead atoms. The molecule has 182 valence electrons. The fraction of sp³-hybridized carbons (Fsp3) is 0.280. The Morgan fingerprint density at radius 2 is 2.06 bits per heavy atom. The molecule has 0 saturated carbocycles. The summed E-state index contributed by atoms with van der Waals surface area (Å²) in [7, 11) is 1.34. The Morgan fingerprint density at radius 1 is 1.31 bits per heavy atom. The molecule has 2 heterocycles. The van der Waals surface area contributed by atoms with Crippen LogP contribution in [0.3, 0.4) is 0 Å². The van der Waals surface area contributed by atoms with Crippen LogP contribution in [0.2, 0.25) is 0 Å². The molecule has 35 heavy (non-hydrogen) atoms. The molecule has 0 saturated heterocycles. The van der Waals surface area contributed by atoms with Crippen LogP contribution in [0.15, 0.2) is 45.9 Å². The van der Waals surface area contributed by atoms with Crippen molar-refractivity contribution in [3.8, 4) is 5.75 Å². The predicted octanol–water partition coefficient (Wildman–Crippen LogP) is 5.27. The van der Waals surface area contributed by atoms with E-state index in [4.69, 9.17) is 9.15 Å². The van der Waals surface area contributed by atoms with Crippen molar-refractivity contribution in [2.24, 2.45) is 5.10 Å². The number of anilines is 1. The number of hydrazone groups is 1. The number of amides is 1. The molecule has 0 aliphatic carbocycles. The molecule has 1 aliphatic heterocycles. The van der Waals surface area contributed by atoms with Gasteiger partial charge in [0.15, 0.2) is 17.1 Å². The van der Waals surface area contributed by atoms with E-state index in [-0.39, 0.29) is 33.9 Å². The van der Waals surface area contributed by atoms with Gasteiger partial charge < -0.3 is 14.1 Å². The van der Waals surface area contributed by atoms with E-state index in [9.17, 15) is 19.3 Å². The largest absolute Gasteiger partial charge is 0.493 e. The van der Waals surface area contributed by atoms with Crippen LogP contribution >= 0.6 is 0 Å². The van der Waals surface area contributed by atoms with E-state index in [0.29, 0.717) is 5.39 Å². The number of nitrogens with zero attached hydrogens (tertiary/aromatic N) is 3. The molecule has 10 heteroatoms. The average molecular weight is 480 g/mol. The first kappa shape index (κ1) is 23.9. The highest BCUT2D eigenvalue weighted by Gasteiger charge is 2.31. The maximum absolute atomic E-state index is 14.9. The van der Waals surface area contributed by atoms with E-state index < -0.39 is 16.6 Å². The van der Waals surface area contributed by atoms with Crippen LogP contribution in [0, 0.1) is 15.9 Å². The highest BCUT2D eigenvalue weighted by molar-refractivity contribution is 5.98. The van der Waals surface area contributed by atoms with Gasteiger partial charge >= 0.3 is 5.91 Å². The normalized spacial score (nSPS) is 14.7. The average Bonchev–Trinajstić information content (AvgIpc) is 3.23. The number of hydrogen-bond donors (Lipinski definition) is 1. The highest BCUT2D eigenvalue weighted by Crippen LogP contribution is 2.39. The summed E-state index contributed by atoms with van der Waals surface area (Å²) in [4.78, 5) is 25.2. The van der Waals surface area contributed by atoms with Crippen LogP contribution in [-0.2, 0) is 0 Å². The van der Waals surface area contributed by atoms with Gasteiger partial charge in [-0.25, -0.2) is 9.82 Å². The van der Waals surface area contributed by atoms with Crippen LogP contribution in [-0.4, -0.2) is 36.2 Å². The lowest BCUT2D eigenvalue weighted by Crippen LogP contribution is -2.45.